The second-order valence-electron chi connectivity index (χ2n) is 8.57. The lowest BCUT2D eigenvalue weighted by molar-refractivity contribution is -0.385. The number of hydrogen-bond acceptors (Lipinski definition) is 8. The zero-order valence-corrected chi connectivity index (χ0v) is 18.8. The monoisotopic (exact) mass is 460 g/mol. The third-order valence-electron chi connectivity index (χ3n) is 6.17. The molecule has 0 bridgehead atoms. The first-order valence-electron chi connectivity index (χ1n) is 11.2. The van der Waals surface area contributed by atoms with Gasteiger partial charge in [-0.1, -0.05) is 19.3 Å². The van der Waals surface area contributed by atoms with Gasteiger partial charge in [-0.15, -0.1) is 0 Å². The number of nitrogens with zero attached hydrogens (tertiary/aromatic N) is 2. The SMILES string of the molecule is CC(=O)Oc1cc(C(=O)N2CCC(C(=O)C3CCCCC3)CC2)cc([N+](=O)[O-])c1OC(C)=O. The lowest BCUT2D eigenvalue weighted by Crippen LogP contribution is -2.41. The van der Waals surface area contributed by atoms with Gasteiger partial charge in [-0.3, -0.25) is 29.3 Å². The standard InChI is InChI=1S/C23H28N2O8/c1-14(26)32-20-13-18(12-19(25(30)31)22(20)33-15(2)27)23(29)24-10-8-17(9-11-24)21(28)16-6-4-3-5-7-16/h12-13,16-17H,3-11H2,1-2H3. The molecule has 1 saturated heterocycles. The number of ketones is 1. The number of nitro benzene ring substituents is 1. The van der Waals surface area contributed by atoms with E-state index in [9.17, 15) is 29.3 Å². The number of piperidine rings is 1. The zero-order chi connectivity index (χ0) is 24.1. The Morgan fingerprint density at radius 2 is 1.48 bits per heavy atom. The number of carbonyl (C=O) groups is 4. The van der Waals surface area contributed by atoms with Crippen LogP contribution in [0.2, 0.25) is 0 Å². The molecule has 1 saturated carbocycles. The van der Waals surface area contributed by atoms with Gasteiger partial charge in [0.25, 0.3) is 11.7 Å². The maximum atomic E-state index is 13.1. The maximum absolute atomic E-state index is 13.1. The third-order valence-corrected chi connectivity index (χ3v) is 6.17. The summed E-state index contributed by atoms with van der Waals surface area (Å²) in [5, 5.41) is 11.6. The van der Waals surface area contributed by atoms with Crippen LogP contribution in [0, 0.1) is 22.0 Å². The highest BCUT2D eigenvalue weighted by Crippen LogP contribution is 2.39. The van der Waals surface area contributed by atoms with Gasteiger partial charge in [-0.25, -0.2) is 0 Å². The van der Waals surface area contributed by atoms with E-state index < -0.39 is 34.2 Å². The van der Waals surface area contributed by atoms with Gasteiger partial charge in [-0.05, 0) is 31.7 Å². The summed E-state index contributed by atoms with van der Waals surface area (Å²) in [6.07, 6.45) is 6.32. The fourth-order valence-electron chi connectivity index (χ4n) is 4.59. The average molecular weight is 460 g/mol. The van der Waals surface area contributed by atoms with E-state index in [1.807, 2.05) is 0 Å². The molecule has 2 fully saturated rings. The Balaban J connectivity index is 1.78. The molecule has 178 valence electrons. The number of likely N-dealkylation sites (tertiary alicyclic amines) is 1. The van der Waals surface area contributed by atoms with Gasteiger partial charge in [0.05, 0.1) is 10.5 Å². The van der Waals surface area contributed by atoms with Crippen molar-refractivity contribution in [2.45, 2.75) is 58.8 Å². The number of carbonyl (C=O) groups excluding carboxylic acids is 4. The van der Waals surface area contributed by atoms with Crippen molar-refractivity contribution in [2.24, 2.45) is 11.8 Å². The molecule has 1 aliphatic heterocycles. The van der Waals surface area contributed by atoms with Crippen LogP contribution in [0.25, 0.3) is 0 Å². The molecule has 33 heavy (non-hydrogen) atoms. The average Bonchev–Trinajstić information content (AvgIpc) is 2.79. The van der Waals surface area contributed by atoms with Crippen LogP contribution >= 0.6 is 0 Å². The Morgan fingerprint density at radius 1 is 0.909 bits per heavy atom. The molecule has 2 aliphatic rings. The lowest BCUT2D eigenvalue weighted by atomic mass is 9.78. The van der Waals surface area contributed by atoms with Gasteiger partial charge in [0, 0.05) is 44.8 Å². The molecule has 10 nitrogen and oxygen atoms in total. The third kappa shape index (κ3) is 5.94. The van der Waals surface area contributed by atoms with Gasteiger partial charge in [0.15, 0.2) is 5.75 Å². The molecular weight excluding hydrogens is 432 g/mol. The maximum Gasteiger partial charge on any atom is 0.316 e. The summed E-state index contributed by atoms with van der Waals surface area (Å²) in [6, 6.07) is 2.17. The van der Waals surface area contributed by atoms with Crippen LogP contribution in [0.5, 0.6) is 11.5 Å². The van der Waals surface area contributed by atoms with Crippen molar-refractivity contribution in [1.29, 1.82) is 0 Å². The van der Waals surface area contributed by atoms with Gasteiger partial charge in [-0.2, -0.15) is 0 Å². The summed E-state index contributed by atoms with van der Waals surface area (Å²) in [6.45, 7) is 2.85. The first-order valence-corrected chi connectivity index (χ1v) is 11.2. The molecule has 0 N–H and O–H groups in total. The minimum atomic E-state index is -0.838. The van der Waals surface area contributed by atoms with Gasteiger partial charge >= 0.3 is 17.6 Å². The smallest absolute Gasteiger partial charge is 0.316 e. The van der Waals surface area contributed by atoms with E-state index in [0.717, 1.165) is 51.7 Å². The van der Waals surface area contributed by atoms with E-state index in [4.69, 9.17) is 9.47 Å². The number of hydrogen-bond donors (Lipinski definition) is 0. The topological polar surface area (TPSA) is 133 Å². The molecule has 3 rings (SSSR count). The number of nitro groups is 1. The van der Waals surface area contributed by atoms with Crippen molar-refractivity contribution < 1.29 is 33.6 Å². The number of ether oxygens (including phenoxy) is 2. The number of rotatable bonds is 6. The molecule has 0 unspecified atom stereocenters. The van der Waals surface area contributed by atoms with Gasteiger partial charge < -0.3 is 14.4 Å². The predicted molar refractivity (Wildman–Crippen MR) is 116 cm³/mol. The molecule has 10 heteroatoms. The number of esters is 2. The Kier molecular flexibility index (Phi) is 7.78. The van der Waals surface area contributed by atoms with Crippen molar-refractivity contribution >= 4 is 29.3 Å². The van der Waals surface area contributed by atoms with Crippen molar-refractivity contribution in [3.05, 3.63) is 27.8 Å². The Bertz CT molecular complexity index is 959. The van der Waals surface area contributed by atoms with Crippen molar-refractivity contribution in [1.82, 2.24) is 4.90 Å². The van der Waals surface area contributed by atoms with Crippen LogP contribution in [0.1, 0.15) is 69.2 Å². The van der Waals surface area contributed by atoms with Gasteiger partial charge in [0.2, 0.25) is 0 Å². The van der Waals surface area contributed by atoms with Crippen molar-refractivity contribution in [2.75, 3.05) is 13.1 Å². The van der Waals surface area contributed by atoms with E-state index in [-0.39, 0.29) is 23.1 Å². The summed E-state index contributed by atoms with van der Waals surface area (Å²) < 4.78 is 9.89. The fraction of sp³-hybridized carbons (Fsp3) is 0.565. The minimum absolute atomic E-state index is 0.0640. The highest BCUT2D eigenvalue weighted by atomic mass is 16.6. The first-order chi connectivity index (χ1) is 15.7. The second kappa shape index (κ2) is 10.5. The van der Waals surface area contributed by atoms with Crippen LogP contribution in [0.3, 0.4) is 0 Å². The fourth-order valence-corrected chi connectivity index (χ4v) is 4.59. The van der Waals surface area contributed by atoms with E-state index in [1.54, 1.807) is 0 Å². The molecule has 0 spiro atoms. The van der Waals surface area contributed by atoms with Crippen LogP contribution in [-0.4, -0.2) is 46.5 Å². The Labute approximate surface area is 191 Å². The lowest BCUT2D eigenvalue weighted by Gasteiger charge is -2.33. The number of benzene rings is 1. The summed E-state index contributed by atoms with van der Waals surface area (Å²) in [4.78, 5) is 61.1. The van der Waals surface area contributed by atoms with Crippen LogP contribution in [0.4, 0.5) is 5.69 Å². The molecule has 1 aromatic carbocycles. The van der Waals surface area contributed by atoms with E-state index >= 15 is 0 Å². The summed E-state index contributed by atoms with van der Waals surface area (Å²) in [5.41, 5.74) is -0.722. The quantitative estimate of drug-likeness (QED) is 0.273. The van der Waals surface area contributed by atoms with Crippen LogP contribution < -0.4 is 9.47 Å². The highest BCUT2D eigenvalue weighted by molar-refractivity contribution is 5.97. The van der Waals surface area contributed by atoms with Crippen molar-refractivity contribution in [3.8, 4) is 11.5 Å². The van der Waals surface area contributed by atoms with Crippen LogP contribution in [-0.2, 0) is 14.4 Å². The number of Topliss-reactive ketones (excluding diaryl/α,β-unsaturated/α-hetero) is 1. The molecule has 1 heterocycles. The van der Waals surface area contributed by atoms with Gasteiger partial charge in [0.1, 0.15) is 5.78 Å². The normalized spacial score (nSPS) is 17.3. The number of amides is 1. The molecule has 0 radical (unpaired) electrons. The summed E-state index contributed by atoms with van der Waals surface area (Å²) in [5.74, 6) is -2.68. The molecule has 0 atom stereocenters. The van der Waals surface area contributed by atoms with Crippen molar-refractivity contribution in [3.63, 3.8) is 0 Å². The molecule has 1 aromatic rings. The largest absolute Gasteiger partial charge is 0.422 e. The molecular formula is C23H28N2O8. The predicted octanol–water partition coefficient (Wildman–Crippen LogP) is 3.45. The van der Waals surface area contributed by atoms with E-state index in [1.165, 1.54) is 11.3 Å². The Morgan fingerprint density at radius 3 is 2.03 bits per heavy atom. The van der Waals surface area contributed by atoms with Crippen LogP contribution in [0.15, 0.2) is 12.1 Å². The highest BCUT2D eigenvalue weighted by Gasteiger charge is 2.34. The second-order valence-corrected chi connectivity index (χ2v) is 8.57. The summed E-state index contributed by atoms with van der Waals surface area (Å²) >= 11 is 0. The Hall–Kier alpha value is -3.30. The van der Waals surface area contributed by atoms with E-state index in [2.05, 4.69) is 0 Å². The first kappa shape index (κ1) is 24.3. The zero-order valence-electron chi connectivity index (χ0n) is 18.8. The molecule has 1 aliphatic carbocycles. The van der Waals surface area contributed by atoms with E-state index in [0.29, 0.717) is 31.7 Å². The minimum Gasteiger partial charge on any atom is -0.422 e. The molecule has 0 aromatic heterocycles. The summed E-state index contributed by atoms with van der Waals surface area (Å²) in [7, 11) is 0. The molecule has 1 amide bonds.